The molecule has 0 aromatic rings. The van der Waals surface area contributed by atoms with Gasteiger partial charge in [0.15, 0.2) is 0 Å². The van der Waals surface area contributed by atoms with Gasteiger partial charge < -0.3 is 35.2 Å². The molecule has 11 heavy (non-hydrogen) atoms. The number of hydrogen-bond acceptors (Lipinski definition) is 0. The van der Waals surface area contributed by atoms with Crippen LogP contribution in [0, 0.1) is 0 Å². The Balaban J connectivity index is -0.0000000171. The van der Waals surface area contributed by atoms with Gasteiger partial charge in [0.2, 0.25) is 0 Å². The fourth-order valence-corrected chi connectivity index (χ4v) is 0. The van der Waals surface area contributed by atoms with Gasteiger partial charge in [0.1, 0.15) is 0 Å². The average Bonchev–Trinajstić information content (AvgIpc) is 1.88. The predicted molar refractivity (Wildman–Crippen MR) is 47.3 cm³/mol. The molecule has 0 bridgehead atoms. The molecular weight excluding hydrogens is 191 g/mol. The summed E-state index contributed by atoms with van der Waals surface area (Å²) in [7, 11) is 0. The van der Waals surface area contributed by atoms with Gasteiger partial charge in [-0.3, -0.25) is 0 Å². The second-order valence-corrected chi connectivity index (χ2v) is 1.000. The Morgan fingerprint density at radius 1 is 0.545 bits per heavy atom. The summed E-state index contributed by atoms with van der Waals surface area (Å²) in [5.74, 6) is 0. The Labute approximate surface area is 78.8 Å². The first-order valence-electron chi connectivity index (χ1n) is 2.41. The second-order valence-electron chi connectivity index (χ2n) is 1.000. The molecule has 74 valence electrons. The van der Waals surface area contributed by atoms with Crippen LogP contribution in [0.5, 0.6) is 0 Å². The van der Waals surface area contributed by atoms with E-state index in [2.05, 4.69) is 0 Å². The van der Waals surface area contributed by atoms with E-state index in [4.69, 9.17) is 22.9 Å². The Hall–Kier alpha value is 0.266. The first-order valence-corrected chi connectivity index (χ1v) is 2.41. The van der Waals surface area contributed by atoms with Gasteiger partial charge in [0.05, 0.1) is 0 Å². The molecule has 0 aliphatic carbocycles. The molecule has 0 aliphatic heterocycles. The molecule has 0 amide bonds. The minimum absolute atomic E-state index is 0. The van der Waals surface area contributed by atoms with Crippen LogP contribution in [-0.2, 0) is 16.8 Å². The zero-order valence-corrected chi connectivity index (χ0v) is 7.36. The molecule has 0 heterocycles. The van der Waals surface area contributed by atoms with Crippen molar-refractivity contribution in [3.05, 3.63) is 35.2 Å². The number of hydrogen-bond donors (Lipinski definition) is 0. The molecule has 8 N–H and O–H groups in total. The summed E-state index contributed by atoms with van der Waals surface area (Å²) in [6.07, 6.45) is 0. The van der Waals surface area contributed by atoms with Crippen molar-refractivity contribution in [2.24, 2.45) is 0 Å². The van der Waals surface area contributed by atoms with E-state index < -0.39 is 0 Å². The molecule has 0 saturated carbocycles. The smallest absolute Gasteiger partial charge is 0.693 e. The normalized spacial score (nSPS) is 5.45. The molecule has 7 heteroatoms. The molecule has 0 aromatic carbocycles. The Morgan fingerprint density at radius 3 is 0.636 bits per heavy atom. The van der Waals surface area contributed by atoms with Crippen LogP contribution in [0.4, 0.5) is 0 Å². The van der Waals surface area contributed by atoms with Crippen molar-refractivity contribution in [1.29, 1.82) is 0 Å². The largest absolute Gasteiger partial charge is 3.00 e. The van der Waals surface area contributed by atoms with Crippen molar-refractivity contribution >= 4 is 0 Å². The standard InChI is InChI=1S/2C2H6N2.Co.2H2N/c2*3-1-2-4;;;/h2*3-4H,1-2H2;;2*1H2/q2*-2;+3;2*-1. The monoisotopic (exact) mass is 207 g/mol. The average molecular weight is 207 g/mol. The summed E-state index contributed by atoms with van der Waals surface area (Å²) in [6, 6.07) is 0. The Bertz CT molecular complexity index is 22.5. The van der Waals surface area contributed by atoms with Gasteiger partial charge in [-0.2, -0.15) is 26.2 Å². The van der Waals surface area contributed by atoms with Crippen molar-refractivity contribution in [3.8, 4) is 0 Å². The van der Waals surface area contributed by atoms with Crippen LogP contribution in [0.15, 0.2) is 0 Å². The van der Waals surface area contributed by atoms with Gasteiger partial charge in [0.25, 0.3) is 0 Å². The van der Waals surface area contributed by atoms with Gasteiger partial charge in [-0.15, -0.1) is 0 Å². The third-order valence-electron chi connectivity index (χ3n) is 0.250. The summed E-state index contributed by atoms with van der Waals surface area (Å²) in [4.78, 5) is 0. The molecule has 0 fully saturated rings. The number of rotatable bonds is 2. The summed E-state index contributed by atoms with van der Waals surface area (Å²) in [5, 5.41) is 0. The van der Waals surface area contributed by atoms with E-state index in [-0.39, 0.29) is 55.3 Å². The van der Waals surface area contributed by atoms with Crippen LogP contribution < -0.4 is 0 Å². The minimum Gasteiger partial charge on any atom is -0.693 e. The third-order valence-corrected chi connectivity index (χ3v) is 0.250. The van der Waals surface area contributed by atoms with Gasteiger partial charge in [-0.1, -0.05) is 0 Å². The van der Waals surface area contributed by atoms with Crippen molar-refractivity contribution in [1.82, 2.24) is 0 Å². The van der Waals surface area contributed by atoms with Crippen LogP contribution in [0.25, 0.3) is 35.2 Å². The summed E-state index contributed by atoms with van der Waals surface area (Å²) in [6.45, 7) is 0.944. The van der Waals surface area contributed by atoms with E-state index >= 15 is 0 Å². The van der Waals surface area contributed by atoms with Crippen LogP contribution in [0.3, 0.4) is 0 Å². The topological polar surface area (TPSA) is 162 Å². The molecule has 0 radical (unpaired) electrons. The van der Waals surface area contributed by atoms with E-state index in [9.17, 15) is 0 Å². The quantitative estimate of drug-likeness (QED) is 0.646. The molecular formula is C4H16CoN6-3. The summed E-state index contributed by atoms with van der Waals surface area (Å²) >= 11 is 0. The van der Waals surface area contributed by atoms with E-state index in [1.807, 2.05) is 0 Å². The minimum atomic E-state index is 0. The van der Waals surface area contributed by atoms with Crippen molar-refractivity contribution in [2.45, 2.75) is 0 Å². The fourth-order valence-electron chi connectivity index (χ4n) is 0. The van der Waals surface area contributed by atoms with Gasteiger partial charge in [-0.25, -0.2) is 0 Å². The molecule has 0 atom stereocenters. The molecule has 6 nitrogen and oxygen atoms in total. The number of nitrogens with one attached hydrogen (secondary N) is 4. The first kappa shape index (κ1) is 30.2. The summed E-state index contributed by atoms with van der Waals surface area (Å²) < 4.78 is 0. The molecule has 0 rings (SSSR count). The van der Waals surface area contributed by atoms with Crippen LogP contribution >= 0.6 is 0 Å². The maximum absolute atomic E-state index is 6.26. The van der Waals surface area contributed by atoms with Crippen molar-refractivity contribution in [3.63, 3.8) is 0 Å². The van der Waals surface area contributed by atoms with Crippen LogP contribution in [0.1, 0.15) is 0 Å². The van der Waals surface area contributed by atoms with Gasteiger partial charge in [-0.05, 0) is 0 Å². The van der Waals surface area contributed by atoms with Crippen LogP contribution in [-0.4, -0.2) is 26.2 Å². The maximum Gasteiger partial charge on any atom is 3.00 e. The Kier molecular flexibility index (Phi) is 133. The zero-order valence-electron chi connectivity index (χ0n) is 6.32. The molecule has 0 unspecified atom stereocenters. The molecule has 0 aliphatic rings. The van der Waals surface area contributed by atoms with Crippen LogP contribution in [0.2, 0.25) is 0 Å². The van der Waals surface area contributed by atoms with Crippen molar-refractivity contribution in [2.75, 3.05) is 26.2 Å². The van der Waals surface area contributed by atoms with Crippen molar-refractivity contribution < 1.29 is 16.8 Å². The first-order chi connectivity index (χ1) is 3.83. The molecule has 0 spiro atoms. The van der Waals surface area contributed by atoms with E-state index in [0.717, 1.165) is 0 Å². The summed E-state index contributed by atoms with van der Waals surface area (Å²) in [5.41, 5.74) is 25.1. The van der Waals surface area contributed by atoms with E-state index in [0.29, 0.717) is 0 Å². The van der Waals surface area contributed by atoms with E-state index in [1.165, 1.54) is 0 Å². The molecule has 0 saturated heterocycles. The van der Waals surface area contributed by atoms with Gasteiger partial charge in [0, 0.05) is 0 Å². The maximum atomic E-state index is 6.26. The fraction of sp³-hybridized carbons (Fsp3) is 1.00. The van der Waals surface area contributed by atoms with Gasteiger partial charge >= 0.3 is 16.8 Å². The predicted octanol–water partition coefficient (Wildman–Crippen LogP) is 3.61. The zero-order chi connectivity index (χ0) is 6.83. The SMILES string of the molecule is [Co+3].[NH-]CC[NH-].[NH-]CC[NH-].[NH2-].[NH2-]. The third kappa shape index (κ3) is 137. The Morgan fingerprint density at radius 2 is 0.636 bits per heavy atom. The van der Waals surface area contributed by atoms with E-state index in [1.54, 1.807) is 0 Å². The second kappa shape index (κ2) is 48.4. The number of nitrogens with two attached hydrogens (primary N) is 2. The molecule has 0 aromatic heterocycles.